The van der Waals surface area contributed by atoms with Crippen molar-refractivity contribution in [3.63, 3.8) is 0 Å². The van der Waals surface area contributed by atoms with E-state index in [4.69, 9.17) is 4.43 Å². The van der Waals surface area contributed by atoms with E-state index in [0.29, 0.717) is 6.04 Å². The molecular formula is C19H23NOSi. The predicted molar refractivity (Wildman–Crippen MR) is 92.0 cm³/mol. The van der Waals surface area contributed by atoms with Gasteiger partial charge in [0.15, 0.2) is 0 Å². The lowest BCUT2D eigenvalue weighted by Crippen LogP contribution is -2.45. The summed E-state index contributed by atoms with van der Waals surface area (Å²) in [4.78, 5) is 0. The van der Waals surface area contributed by atoms with Crippen LogP contribution in [0.25, 0.3) is 0 Å². The Morgan fingerprint density at radius 2 is 1.50 bits per heavy atom. The zero-order valence-corrected chi connectivity index (χ0v) is 14.3. The van der Waals surface area contributed by atoms with Gasteiger partial charge < -0.3 is 4.43 Å². The molecule has 0 aromatic heterocycles. The van der Waals surface area contributed by atoms with Crippen LogP contribution in [-0.2, 0) is 10.0 Å². The molecule has 2 saturated heterocycles. The highest BCUT2D eigenvalue weighted by atomic mass is 28.4. The molecule has 2 fully saturated rings. The molecule has 0 saturated carbocycles. The van der Waals surface area contributed by atoms with E-state index in [-0.39, 0.29) is 5.60 Å². The van der Waals surface area contributed by atoms with Gasteiger partial charge in [-0.05, 0) is 43.6 Å². The summed E-state index contributed by atoms with van der Waals surface area (Å²) in [6.07, 6.45) is 2.51. The third-order valence-corrected chi connectivity index (χ3v) is 7.97. The first-order valence-electron chi connectivity index (χ1n) is 8.22. The summed E-state index contributed by atoms with van der Waals surface area (Å²) in [5.74, 6) is 0. The summed E-state index contributed by atoms with van der Waals surface area (Å²) in [5.41, 5.74) is 2.31. The Balaban J connectivity index is 1.95. The Labute approximate surface area is 133 Å². The average molecular weight is 309 g/mol. The van der Waals surface area contributed by atoms with Crippen molar-refractivity contribution in [3.8, 4) is 0 Å². The molecule has 114 valence electrons. The largest absolute Gasteiger partial charge is 0.388 e. The van der Waals surface area contributed by atoms with E-state index in [1.807, 2.05) is 0 Å². The molecule has 2 aromatic carbocycles. The Morgan fingerprint density at radius 1 is 0.955 bits per heavy atom. The lowest BCUT2D eigenvalue weighted by atomic mass is 9.79. The van der Waals surface area contributed by atoms with Gasteiger partial charge in [-0.25, -0.2) is 0 Å². The molecule has 22 heavy (non-hydrogen) atoms. The second kappa shape index (κ2) is 5.05. The third kappa shape index (κ3) is 1.93. The van der Waals surface area contributed by atoms with Crippen molar-refractivity contribution in [2.45, 2.75) is 37.6 Å². The van der Waals surface area contributed by atoms with E-state index in [2.05, 4.69) is 78.3 Å². The highest BCUT2D eigenvalue weighted by Gasteiger charge is 2.60. The molecule has 2 aliphatic heterocycles. The highest BCUT2D eigenvalue weighted by Crippen LogP contribution is 2.51. The molecule has 0 amide bonds. The molecule has 0 radical (unpaired) electrons. The van der Waals surface area contributed by atoms with Gasteiger partial charge >= 0.3 is 0 Å². The molecule has 2 nitrogen and oxygen atoms in total. The number of benzene rings is 2. The van der Waals surface area contributed by atoms with Crippen LogP contribution in [0.3, 0.4) is 0 Å². The van der Waals surface area contributed by atoms with Crippen molar-refractivity contribution < 1.29 is 4.43 Å². The van der Waals surface area contributed by atoms with E-state index < -0.39 is 8.48 Å². The van der Waals surface area contributed by atoms with Crippen LogP contribution in [0.2, 0.25) is 13.1 Å². The van der Waals surface area contributed by atoms with Crippen molar-refractivity contribution in [1.82, 2.24) is 4.57 Å². The number of nitrogens with zero attached hydrogens (tertiary/aromatic N) is 1. The van der Waals surface area contributed by atoms with Gasteiger partial charge in [-0.3, -0.25) is 4.57 Å². The topological polar surface area (TPSA) is 12.5 Å². The number of hydrogen-bond acceptors (Lipinski definition) is 2. The van der Waals surface area contributed by atoms with E-state index in [9.17, 15) is 0 Å². The van der Waals surface area contributed by atoms with Gasteiger partial charge in [0.2, 0.25) is 0 Å². The Bertz CT molecular complexity index is 616. The van der Waals surface area contributed by atoms with Crippen molar-refractivity contribution in [2.75, 3.05) is 6.54 Å². The maximum absolute atomic E-state index is 6.94. The number of hydrogen-bond donors (Lipinski definition) is 0. The Hall–Kier alpha value is -1.42. The second-order valence-electron chi connectivity index (χ2n) is 6.87. The zero-order valence-electron chi connectivity index (χ0n) is 13.3. The maximum Gasteiger partial charge on any atom is 0.267 e. The van der Waals surface area contributed by atoms with Gasteiger partial charge in [0.05, 0.1) is 0 Å². The summed E-state index contributed by atoms with van der Waals surface area (Å²) in [7, 11) is -1.84. The molecule has 0 aliphatic carbocycles. The molecule has 0 bridgehead atoms. The van der Waals surface area contributed by atoms with Gasteiger partial charge in [-0.15, -0.1) is 0 Å². The van der Waals surface area contributed by atoms with E-state index in [0.717, 1.165) is 0 Å². The molecule has 1 atom stereocenters. The summed E-state index contributed by atoms with van der Waals surface area (Å²) in [6, 6.07) is 22.1. The normalized spacial score (nSPS) is 26.0. The minimum absolute atomic E-state index is 0.297. The van der Waals surface area contributed by atoms with E-state index in [1.165, 1.54) is 30.5 Å². The average Bonchev–Trinajstić information content (AvgIpc) is 3.12. The van der Waals surface area contributed by atoms with Crippen LogP contribution in [-0.4, -0.2) is 25.6 Å². The smallest absolute Gasteiger partial charge is 0.267 e. The van der Waals surface area contributed by atoms with E-state index in [1.54, 1.807) is 0 Å². The molecule has 4 rings (SSSR count). The third-order valence-electron chi connectivity index (χ3n) is 5.23. The van der Waals surface area contributed by atoms with Gasteiger partial charge in [0.1, 0.15) is 5.60 Å². The summed E-state index contributed by atoms with van der Waals surface area (Å²) in [5, 5.41) is 0. The lowest BCUT2D eigenvalue weighted by molar-refractivity contribution is 0.102. The van der Waals surface area contributed by atoms with Gasteiger partial charge in [0.25, 0.3) is 8.48 Å². The van der Waals surface area contributed by atoms with Crippen molar-refractivity contribution in [3.05, 3.63) is 71.8 Å². The van der Waals surface area contributed by atoms with E-state index >= 15 is 0 Å². The second-order valence-corrected chi connectivity index (χ2v) is 10.5. The van der Waals surface area contributed by atoms with Crippen LogP contribution >= 0.6 is 0 Å². The summed E-state index contributed by atoms with van der Waals surface area (Å²) >= 11 is 0. The molecule has 3 heteroatoms. The molecule has 2 aliphatic rings. The SMILES string of the molecule is C[Si]1(C)OC(c2ccccc2)(c2ccccc2)[C@H]2CCCN21. The van der Waals surface area contributed by atoms with Crippen molar-refractivity contribution >= 4 is 8.48 Å². The minimum Gasteiger partial charge on any atom is -0.388 e. The highest BCUT2D eigenvalue weighted by molar-refractivity contribution is 6.69. The summed E-state index contributed by atoms with van der Waals surface area (Å²) in [6.45, 7) is 5.88. The Kier molecular flexibility index (Phi) is 3.26. The first-order chi connectivity index (χ1) is 10.6. The fourth-order valence-corrected chi connectivity index (χ4v) is 7.43. The Morgan fingerprint density at radius 3 is 2.05 bits per heavy atom. The molecular weight excluding hydrogens is 286 g/mol. The summed E-state index contributed by atoms with van der Waals surface area (Å²) < 4.78 is 9.63. The monoisotopic (exact) mass is 309 g/mol. The van der Waals surface area contributed by atoms with Gasteiger partial charge in [-0.2, -0.15) is 0 Å². The quantitative estimate of drug-likeness (QED) is 0.774. The molecule has 0 N–H and O–H groups in total. The fraction of sp³-hybridized carbons (Fsp3) is 0.368. The van der Waals surface area contributed by atoms with Crippen LogP contribution in [0.4, 0.5) is 0 Å². The van der Waals surface area contributed by atoms with Crippen LogP contribution in [0.5, 0.6) is 0 Å². The van der Waals surface area contributed by atoms with Crippen LogP contribution in [0.15, 0.2) is 60.7 Å². The number of rotatable bonds is 2. The first kappa shape index (κ1) is 14.2. The number of fused-ring (bicyclic) bond motifs is 1. The molecule has 2 aromatic rings. The molecule has 2 heterocycles. The first-order valence-corrected chi connectivity index (χ1v) is 11.1. The standard InChI is InChI=1S/C19H23NOSi/c1-22(2)20-15-9-14-18(20)19(21-22,16-10-5-3-6-11-16)17-12-7-4-8-13-17/h3-8,10-13,18H,9,14-15H2,1-2H3/t18-/m1/s1. The molecule has 0 unspecified atom stereocenters. The zero-order chi connectivity index (χ0) is 15.2. The van der Waals surface area contributed by atoms with Crippen LogP contribution in [0.1, 0.15) is 24.0 Å². The maximum atomic E-state index is 6.94. The molecule has 0 spiro atoms. The van der Waals surface area contributed by atoms with Crippen molar-refractivity contribution in [2.24, 2.45) is 0 Å². The fourth-order valence-electron chi connectivity index (χ4n) is 4.40. The van der Waals surface area contributed by atoms with Crippen LogP contribution in [0, 0.1) is 0 Å². The predicted octanol–water partition coefficient (Wildman–Crippen LogP) is 4.13. The minimum atomic E-state index is -1.84. The van der Waals surface area contributed by atoms with Crippen molar-refractivity contribution in [1.29, 1.82) is 0 Å². The van der Waals surface area contributed by atoms with Crippen LogP contribution < -0.4 is 0 Å². The van der Waals surface area contributed by atoms with Gasteiger partial charge in [-0.1, -0.05) is 60.7 Å². The lowest BCUT2D eigenvalue weighted by Gasteiger charge is -2.36. The van der Waals surface area contributed by atoms with Gasteiger partial charge in [0, 0.05) is 6.04 Å².